The molecule has 6 rings (SSSR count). The molecule has 0 spiro atoms. The summed E-state index contributed by atoms with van der Waals surface area (Å²) in [5.74, 6) is 1.29. The van der Waals surface area contributed by atoms with Gasteiger partial charge in [0.05, 0.1) is 0 Å². The fourth-order valence-electron chi connectivity index (χ4n) is 5.38. The Morgan fingerprint density at radius 3 is 0.756 bits per heavy atom. The average Bonchev–Trinajstić information content (AvgIpc) is 3.06. The van der Waals surface area contributed by atoms with Gasteiger partial charge in [-0.3, -0.25) is 0 Å². The third-order valence-corrected chi connectivity index (χ3v) is 7.55. The molecule has 0 saturated heterocycles. The second-order valence-electron chi connectivity index (χ2n) is 10.0. The van der Waals surface area contributed by atoms with Gasteiger partial charge < -0.3 is 14.9 Å². The molecule has 0 saturated carbocycles. The first-order valence-corrected chi connectivity index (χ1v) is 13.6. The lowest BCUT2D eigenvalue weighted by atomic mass is 9.80. The average molecular weight is 535 g/mol. The van der Waals surface area contributed by atoms with Crippen LogP contribution in [-0.4, -0.2) is 10.2 Å². The van der Waals surface area contributed by atoms with Crippen molar-refractivity contribution in [3.8, 4) is 11.5 Å². The molecule has 0 aliphatic heterocycles. The maximum absolute atomic E-state index is 12.0. The third-order valence-electron chi connectivity index (χ3n) is 7.55. The predicted octanol–water partition coefficient (Wildman–Crippen LogP) is 8.05. The van der Waals surface area contributed by atoms with Gasteiger partial charge in [-0.25, -0.2) is 0 Å². The Hall–Kier alpha value is -4.96. The van der Waals surface area contributed by atoms with Gasteiger partial charge in [0.1, 0.15) is 22.7 Å². The molecule has 3 nitrogen and oxygen atoms in total. The zero-order chi connectivity index (χ0) is 28.1. The summed E-state index contributed by atoms with van der Waals surface area (Å²) in [6, 6.07) is 53.8. The Morgan fingerprint density at radius 1 is 0.293 bits per heavy atom. The lowest BCUT2D eigenvalue weighted by Crippen LogP contribution is -2.28. The van der Waals surface area contributed by atoms with Gasteiger partial charge in [0.25, 0.3) is 0 Å². The molecular formula is C38H30O3. The zero-order valence-electron chi connectivity index (χ0n) is 22.5. The smallest absolute Gasteiger partial charge is 0.140 e. The SMILES string of the molecule is OC(c1ccccc1)(c1ccccc1)c1ccc(Oc2ccc(C(O)(c3ccccc3)c3ccccc3)cc2)cc1. The molecule has 41 heavy (non-hydrogen) atoms. The first kappa shape index (κ1) is 26.3. The molecule has 0 aliphatic rings. The first-order chi connectivity index (χ1) is 20.1. The molecule has 3 heteroatoms. The van der Waals surface area contributed by atoms with Gasteiger partial charge in [-0.05, 0) is 57.6 Å². The zero-order valence-corrected chi connectivity index (χ0v) is 22.5. The van der Waals surface area contributed by atoms with E-state index in [0.29, 0.717) is 11.5 Å². The fraction of sp³-hybridized carbons (Fsp3) is 0.0526. The molecule has 0 atom stereocenters. The molecule has 0 aromatic heterocycles. The van der Waals surface area contributed by atoms with Crippen molar-refractivity contribution in [1.82, 2.24) is 0 Å². The summed E-state index contributed by atoms with van der Waals surface area (Å²) in [5, 5.41) is 24.1. The summed E-state index contributed by atoms with van der Waals surface area (Å²) in [6.45, 7) is 0. The Bertz CT molecular complexity index is 1470. The highest BCUT2D eigenvalue weighted by molar-refractivity contribution is 5.50. The monoisotopic (exact) mass is 534 g/mol. The number of hydrogen-bond donors (Lipinski definition) is 2. The number of rotatable bonds is 8. The van der Waals surface area contributed by atoms with Gasteiger partial charge in [-0.15, -0.1) is 0 Å². The van der Waals surface area contributed by atoms with Gasteiger partial charge in [0, 0.05) is 0 Å². The second-order valence-corrected chi connectivity index (χ2v) is 10.0. The Kier molecular flexibility index (Phi) is 7.22. The van der Waals surface area contributed by atoms with E-state index in [1.165, 1.54) is 0 Å². The topological polar surface area (TPSA) is 49.7 Å². The summed E-state index contributed by atoms with van der Waals surface area (Å²) in [4.78, 5) is 0. The molecule has 0 radical (unpaired) electrons. The van der Waals surface area contributed by atoms with Crippen LogP contribution in [0.2, 0.25) is 0 Å². The molecule has 0 aliphatic carbocycles. The molecule has 200 valence electrons. The summed E-state index contributed by atoms with van der Waals surface area (Å²) in [5.41, 5.74) is 2.05. The van der Waals surface area contributed by atoms with E-state index in [2.05, 4.69) is 0 Å². The van der Waals surface area contributed by atoms with Crippen LogP contribution in [0, 0.1) is 0 Å². The van der Waals surface area contributed by atoms with Crippen molar-refractivity contribution >= 4 is 0 Å². The summed E-state index contributed by atoms with van der Waals surface area (Å²) < 4.78 is 6.17. The Morgan fingerprint density at radius 2 is 0.512 bits per heavy atom. The van der Waals surface area contributed by atoms with Crippen LogP contribution in [-0.2, 0) is 11.2 Å². The van der Waals surface area contributed by atoms with Crippen LogP contribution in [0.1, 0.15) is 33.4 Å². The molecule has 6 aromatic rings. The normalized spacial score (nSPS) is 11.7. The van der Waals surface area contributed by atoms with Crippen LogP contribution >= 0.6 is 0 Å². The second kappa shape index (κ2) is 11.3. The van der Waals surface area contributed by atoms with E-state index < -0.39 is 11.2 Å². The van der Waals surface area contributed by atoms with Crippen molar-refractivity contribution in [3.05, 3.63) is 203 Å². The van der Waals surface area contributed by atoms with Crippen LogP contribution in [0.25, 0.3) is 0 Å². The Labute approximate surface area is 240 Å². The van der Waals surface area contributed by atoms with E-state index in [1.54, 1.807) is 0 Å². The van der Waals surface area contributed by atoms with E-state index >= 15 is 0 Å². The number of hydrogen-bond acceptors (Lipinski definition) is 3. The van der Waals surface area contributed by atoms with Gasteiger partial charge >= 0.3 is 0 Å². The summed E-state index contributed by atoms with van der Waals surface area (Å²) in [6.07, 6.45) is 0. The van der Waals surface area contributed by atoms with E-state index in [1.807, 2.05) is 170 Å². The predicted molar refractivity (Wildman–Crippen MR) is 163 cm³/mol. The largest absolute Gasteiger partial charge is 0.457 e. The number of ether oxygens (including phenoxy) is 1. The maximum atomic E-state index is 12.0. The van der Waals surface area contributed by atoms with Crippen molar-refractivity contribution in [2.75, 3.05) is 0 Å². The van der Waals surface area contributed by atoms with Gasteiger partial charge in [-0.1, -0.05) is 146 Å². The molecule has 2 N–H and O–H groups in total. The van der Waals surface area contributed by atoms with E-state index in [9.17, 15) is 10.2 Å². The highest BCUT2D eigenvalue weighted by Gasteiger charge is 2.34. The van der Waals surface area contributed by atoms with Crippen molar-refractivity contribution in [2.24, 2.45) is 0 Å². The quantitative estimate of drug-likeness (QED) is 0.194. The van der Waals surface area contributed by atoms with Crippen molar-refractivity contribution in [1.29, 1.82) is 0 Å². The lowest BCUT2D eigenvalue weighted by molar-refractivity contribution is 0.125. The van der Waals surface area contributed by atoms with E-state index in [4.69, 9.17) is 4.74 Å². The molecule has 0 unspecified atom stereocenters. The minimum Gasteiger partial charge on any atom is -0.457 e. The van der Waals surface area contributed by atoms with Crippen LogP contribution in [0.5, 0.6) is 11.5 Å². The van der Waals surface area contributed by atoms with E-state index in [-0.39, 0.29) is 0 Å². The van der Waals surface area contributed by atoms with Gasteiger partial charge in [0.2, 0.25) is 0 Å². The minimum atomic E-state index is -1.30. The number of aliphatic hydroxyl groups is 2. The summed E-state index contributed by atoms with van der Waals surface area (Å²) >= 11 is 0. The van der Waals surface area contributed by atoms with Gasteiger partial charge in [-0.2, -0.15) is 0 Å². The van der Waals surface area contributed by atoms with Crippen LogP contribution in [0.15, 0.2) is 170 Å². The molecular weight excluding hydrogens is 504 g/mol. The van der Waals surface area contributed by atoms with Crippen molar-refractivity contribution in [2.45, 2.75) is 11.2 Å². The first-order valence-electron chi connectivity index (χ1n) is 13.6. The van der Waals surface area contributed by atoms with Gasteiger partial charge in [0.15, 0.2) is 0 Å². The molecule has 0 amide bonds. The standard InChI is InChI=1S/C38H30O3/c39-37(29-13-5-1-6-14-29,30-15-7-2-8-16-30)33-21-25-35(26-22-33)41-36-27-23-34(24-28-36)38(40,31-17-9-3-10-18-31)32-19-11-4-12-20-32/h1-28,39-40H. The number of benzene rings is 6. The molecule has 6 aromatic carbocycles. The minimum absolute atomic E-state index is 0.645. The highest BCUT2D eigenvalue weighted by atomic mass is 16.5. The highest BCUT2D eigenvalue weighted by Crippen LogP contribution is 2.39. The molecule has 0 bridgehead atoms. The molecule has 0 fully saturated rings. The summed E-state index contributed by atoms with van der Waals surface area (Å²) in [7, 11) is 0. The van der Waals surface area contributed by atoms with Crippen molar-refractivity contribution < 1.29 is 14.9 Å². The van der Waals surface area contributed by atoms with Crippen molar-refractivity contribution in [3.63, 3.8) is 0 Å². The molecule has 0 heterocycles. The van der Waals surface area contributed by atoms with Crippen LogP contribution < -0.4 is 4.74 Å². The van der Waals surface area contributed by atoms with Crippen LogP contribution in [0.4, 0.5) is 0 Å². The van der Waals surface area contributed by atoms with Crippen LogP contribution in [0.3, 0.4) is 0 Å². The third kappa shape index (κ3) is 5.05. The van der Waals surface area contributed by atoms with E-state index in [0.717, 1.165) is 33.4 Å². The lowest BCUT2D eigenvalue weighted by Gasteiger charge is -2.30. The maximum Gasteiger partial charge on any atom is 0.140 e. The Balaban J connectivity index is 1.28. The fourth-order valence-corrected chi connectivity index (χ4v) is 5.38.